The highest BCUT2D eigenvalue weighted by Gasteiger charge is 2.27. The van der Waals surface area contributed by atoms with Crippen molar-refractivity contribution in [1.82, 2.24) is 9.97 Å². The number of sulfone groups is 1. The van der Waals surface area contributed by atoms with Gasteiger partial charge in [0.2, 0.25) is 11.8 Å². The highest BCUT2D eigenvalue weighted by Crippen LogP contribution is 2.21. The number of ether oxygens (including phenoxy) is 1. The summed E-state index contributed by atoms with van der Waals surface area (Å²) in [5.41, 5.74) is 0. The van der Waals surface area contributed by atoms with Gasteiger partial charge in [-0.3, -0.25) is 0 Å². The Bertz CT molecular complexity index is 781. The van der Waals surface area contributed by atoms with Gasteiger partial charge in [0.05, 0.1) is 11.5 Å². The van der Waals surface area contributed by atoms with Crippen molar-refractivity contribution in [2.75, 3.05) is 23.4 Å². The van der Waals surface area contributed by atoms with E-state index >= 15 is 0 Å². The molecule has 1 aromatic heterocycles. The smallest absolute Gasteiger partial charge is 0.225 e. The molecule has 1 unspecified atom stereocenters. The van der Waals surface area contributed by atoms with Gasteiger partial charge in [0.25, 0.3) is 0 Å². The number of nitrogens with zero attached hydrogens (tertiary/aromatic N) is 2. The fourth-order valence-corrected chi connectivity index (χ4v) is 4.24. The molecular weight excluding hydrogens is 321 g/mol. The average Bonchev–Trinajstić information content (AvgIpc) is 2.87. The zero-order valence-corrected chi connectivity index (χ0v) is 13.1. The van der Waals surface area contributed by atoms with Crippen molar-refractivity contribution in [2.45, 2.75) is 6.42 Å². The Balaban J connectivity index is 1.60. The van der Waals surface area contributed by atoms with Crippen molar-refractivity contribution in [2.24, 2.45) is 5.92 Å². The molecule has 8 heteroatoms. The Morgan fingerprint density at radius 2 is 2.04 bits per heavy atom. The Morgan fingerprint density at radius 1 is 1.26 bits per heavy atom. The predicted molar refractivity (Wildman–Crippen MR) is 83.8 cm³/mol. The third-order valence-electron chi connectivity index (χ3n) is 3.54. The molecule has 0 aliphatic carbocycles. The molecule has 1 saturated heterocycles. The van der Waals surface area contributed by atoms with Gasteiger partial charge in [-0.1, -0.05) is 0 Å². The summed E-state index contributed by atoms with van der Waals surface area (Å²) in [5, 5.41) is 3.03. The van der Waals surface area contributed by atoms with Crippen LogP contribution in [0, 0.1) is 11.7 Å². The second-order valence-electron chi connectivity index (χ2n) is 5.42. The molecule has 23 heavy (non-hydrogen) atoms. The summed E-state index contributed by atoms with van der Waals surface area (Å²) >= 11 is 0. The minimum Gasteiger partial charge on any atom is -0.439 e. The van der Waals surface area contributed by atoms with Gasteiger partial charge in [-0.05, 0) is 36.6 Å². The van der Waals surface area contributed by atoms with Crippen LogP contribution in [0.5, 0.6) is 11.6 Å². The molecule has 0 radical (unpaired) electrons. The SMILES string of the molecule is O=S1(=O)CCC(CNc2nccc(Oc3ccc(F)cc3)n2)C1. The maximum atomic E-state index is 12.9. The van der Waals surface area contributed by atoms with E-state index in [2.05, 4.69) is 15.3 Å². The molecule has 1 fully saturated rings. The van der Waals surface area contributed by atoms with E-state index in [0.717, 1.165) is 0 Å². The molecule has 1 atom stereocenters. The average molecular weight is 337 g/mol. The predicted octanol–water partition coefficient (Wildman–Crippen LogP) is 2.25. The number of hydrogen-bond acceptors (Lipinski definition) is 6. The van der Waals surface area contributed by atoms with Crippen molar-refractivity contribution in [1.29, 1.82) is 0 Å². The summed E-state index contributed by atoms with van der Waals surface area (Å²) in [5.74, 6) is 1.35. The van der Waals surface area contributed by atoms with Gasteiger partial charge in [0, 0.05) is 18.8 Å². The molecule has 2 heterocycles. The number of hydrogen-bond donors (Lipinski definition) is 1. The highest BCUT2D eigenvalue weighted by atomic mass is 32.2. The lowest BCUT2D eigenvalue weighted by atomic mass is 10.1. The van der Waals surface area contributed by atoms with E-state index in [-0.39, 0.29) is 23.2 Å². The lowest BCUT2D eigenvalue weighted by Crippen LogP contribution is -2.17. The number of benzene rings is 1. The van der Waals surface area contributed by atoms with Crippen LogP contribution in [-0.4, -0.2) is 36.4 Å². The molecule has 0 saturated carbocycles. The third kappa shape index (κ3) is 4.38. The van der Waals surface area contributed by atoms with Gasteiger partial charge in [-0.2, -0.15) is 4.98 Å². The van der Waals surface area contributed by atoms with E-state index in [1.165, 1.54) is 24.3 Å². The number of anilines is 1. The molecule has 1 N–H and O–H groups in total. The van der Waals surface area contributed by atoms with Crippen LogP contribution >= 0.6 is 0 Å². The summed E-state index contributed by atoms with van der Waals surface area (Å²) in [7, 11) is -2.89. The van der Waals surface area contributed by atoms with Gasteiger partial charge < -0.3 is 10.1 Å². The van der Waals surface area contributed by atoms with E-state index in [4.69, 9.17) is 4.74 Å². The van der Waals surface area contributed by atoms with Crippen LogP contribution in [0.25, 0.3) is 0 Å². The monoisotopic (exact) mass is 337 g/mol. The maximum absolute atomic E-state index is 12.9. The number of nitrogens with one attached hydrogen (secondary N) is 1. The first kappa shape index (κ1) is 15.7. The second kappa shape index (κ2) is 6.49. The molecule has 2 aromatic rings. The van der Waals surface area contributed by atoms with E-state index in [1.54, 1.807) is 12.3 Å². The van der Waals surface area contributed by atoms with Crippen molar-refractivity contribution < 1.29 is 17.5 Å². The van der Waals surface area contributed by atoms with Crippen LogP contribution in [0.3, 0.4) is 0 Å². The zero-order chi connectivity index (χ0) is 16.3. The molecule has 0 amide bonds. The Kier molecular flexibility index (Phi) is 4.42. The Hall–Kier alpha value is -2.22. The lowest BCUT2D eigenvalue weighted by molar-refractivity contribution is 0.460. The number of aromatic nitrogens is 2. The normalized spacial score (nSPS) is 19.4. The summed E-state index contributed by atoms with van der Waals surface area (Å²) in [6, 6.07) is 7.21. The van der Waals surface area contributed by atoms with Gasteiger partial charge in [0.1, 0.15) is 11.6 Å². The molecule has 0 bridgehead atoms. The van der Waals surface area contributed by atoms with E-state index in [0.29, 0.717) is 30.5 Å². The summed E-state index contributed by atoms with van der Waals surface area (Å²) in [4.78, 5) is 8.28. The zero-order valence-electron chi connectivity index (χ0n) is 12.3. The highest BCUT2D eigenvalue weighted by molar-refractivity contribution is 7.91. The van der Waals surface area contributed by atoms with Crippen molar-refractivity contribution in [3.05, 3.63) is 42.3 Å². The van der Waals surface area contributed by atoms with Gasteiger partial charge in [-0.15, -0.1) is 0 Å². The van der Waals surface area contributed by atoms with Gasteiger partial charge in [0.15, 0.2) is 9.84 Å². The maximum Gasteiger partial charge on any atom is 0.225 e. The number of rotatable bonds is 5. The molecule has 1 aromatic carbocycles. The first-order chi connectivity index (χ1) is 11.0. The molecule has 0 spiro atoms. The topological polar surface area (TPSA) is 81.2 Å². The van der Waals surface area contributed by atoms with Crippen LogP contribution in [0.2, 0.25) is 0 Å². The summed E-state index contributed by atoms with van der Waals surface area (Å²) in [6.45, 7) is 0.499. The van der Waals surface area contributed by atoms with E-state index in [9.17, 15) is 12.8 Å². The molecule has 1 aliphatic rings. The molecule has 122 valence electrons. The minimum absolute atomic E-state index is 0.0743. The molecule has 3 rings (SSSR count). The second-order valence-corrected chi connectivity index (χ2v) is 7.65. The Morgan fingerprint density at radius 3 is 2.74 bits per heavy atom. The van der Waals surface area contributed by atoms with Gasteiger partial charge >= 0.3 is 0 Å². The van der Waals surface area contributed by atoms with E-state index in [1.807, 2.05) is 0 Å². The first-order valence-electron chi connectivity index (χ1n) is 7.21. The van der Waals surface area contributed by atoms with Crippen LogP contribution in [0.1, 0.15) is 6.42 Å². The first-order valence-corrected chi connectivity index (χ1v) is 9.03. The van der Waals surface area contributed by atoms with Crippen molar-refractivity contribution >= 4 is 15.8 Å². The molecule has 6 nitrogen and oxygen atoms in total. The number of halogens is 1. The van der Waals surface area contributed by atoms with Gasteiger partial charge in [-0.25, -0.2) is 17.8 Å². The lowest BCUT2D eigenvalue weighted by Gasteiger charge is -2.10. The summed E-state index contributed by atoms with van der Waals surface area (Å²) < 4.78 is 41.2. The molecular formula is C15H16FN3O3S. The van der Waals surface area contributed by atoms with Crippen molar-refractivity contribution in [3.63, 3.8) is 0 Å². The minimum atomic E-state index is -2.89. The molecule has 1 aliphatic heterocycles. The Labute approximate surface area is 133 Å². The van der Waals surface area contributed by atoms with Crippen LogP contribution in [-0.2, 0) is 9.84 Å². The fraction of sp³-hybridized carbons (Fsp3) is 0.333. The quantitative estimate of drug-likeness (QED) is 0.901. The fourth-order valence-electron chi connectivity index (χ4n) is 2.38. The summed E-state index contributed by atoms with van der Waals surface area (Å²) in [6.07, 6.45) is 2.20. The van der Waals surface area contributed by atoms with E-state index < -0.39 is 9.84 Å². The van der Waals surface area contributed by atoms with Crippen LogP contribution in [0.4, 0.5) is 10.3 Å². The largest absolute Gasteiger partial charge is 0.439 e. The van der Waals surface area contributed by atoms with Crippen LogP contribution in [0.15, 0.2) is 36.5 Å². The van der Waals surface area contributed by atoms with Crippen molar-refractivity contribution in [3.8, 4) is 11.6 Å². The van der Waals surface area contributed by atoms with Crippen LogP contribution < -0.4 is 10.1 Å². The standard InChI is InChI=1S/C15H16FN3O3S/c16-12-1-3-13(4-2-12)22-14-5-7-17-15(19-14)18-9-11-6-8-23(20,21)10-11/h1-5,7,11H,6,8-10H2,(H,17,18,19). The third-order valence-corrected chi connectivity index (χ3v) is 5.38.